The number of aryl methyl sites for hydroxylation is 2. The van der Waals surface area contributed by atoms with Crippen LogP contribution in [0.3, 0.4) is 0 Å². The standard InChI is InChI=1S/C15H20N2O/c1-5-11-6-7-14-12(8-11)15(18)13(9-17(3)4)10(2)16-14/h6-8H,5,9H2,1-4H3,(H,16,18). The van der Waals surface area contributed by atoms with Crippen molar-refractivity contribution >= 4 is 10.9 Å². The molecule has 1 aromatic heterocycles. The van der Waals surface area contributed by atoms with Crippen molar-refractivity contribution in [3.63, 3.8) is 0 Å². The fourth-order valence-electron chi connectivity index (χ4n) is 2.22. The van der Waals surface area contributed by atoms with Gasteiger partial charge in [0.05, 0.1) is 19.6 Å². The molecule has 3 heteroatoms. The van der Waals surface area contributed by atoms with Crippen LogP contribution in [0.5, 0.6) is 5.75 Å². The van der Waals surface area contributed by atoms with Gasteiger partial charge in [-0.25, -0.2) is 0 Å². The molecule has 1 N–H and O–H groups in total. The zero-order chi connectivity index (χ0) is 13.3. The molecule has 96 valence electrons. The Bertz CT molecular complexity index is 576. The van der Waals surface area contributed by atoms with Gasteiger partial charge in [-0.3, -0.25) is 4.98 Å². The lowest BCUT2D eigenvalue weighted by atomic mass is 10.0. The number of fused-ring (bicyclic) bond motifs is 1. The zero-order valence-electron chi connectivity index (χ0n) is 11.5. The third-order valence-electron chi connectivity index (χ3n) is 3.24. The van der Waals surface area contributed by atoms with Crippen molar-refractivity contribution in [3.8, 4) is 5.75 Å². The molecule has 3 nitrogen and oxygen atoms in total. The Morgan fingerprint density at radius 2 is 2.00 bits per heavy atom. The molecule has 0 amide bonds. The summed E-state index contributed by atoms with van der Waals surface area (Å²) in [5.41, 5.74) is 3.70. The minimum Gasteiger partial charge on any atom is -0.872 e. The maximum absolute atomic E-state index is 12.5. The number of nitrogens with one attached hydrogen (secondary N) is 1. The lowest BCUT2D eigenvalue weighted by molar-refractivity contribution is -0.872. The number of nitrogens with zero attached hydrogens (tertiary/aromatic N) is 1. The molecule has 1 aromatic carbocycles. The van der Waals surface area contributed by atoms with E-state index in [2.05, 4.69) is 11.9 Å². The van der Waals surface area contributed by atoms with E-state index < -0.39 is 0 Å². The van der Waals surface area contributed by atoms with Gasteiger partial charge in [-0.1, -0.05) is 24.8 Å². The molecule has 0 saturated carbocycles. The van der Waals surface area contributed by atoms with Crippen molar-refractivity contribution in [1.82, 2.24) is 4.98 Å². The van der Waals surface area contributed by atoms with E-state index in [0.717, 1.165) is 35.1 Å². The van der Waals surface area contributed by atoms with Crippen LogP contribution < -0.4 is 10.0 Å². The molecule has 0 aliphatic heterocycles. The Morgan fingerprint density at radius 1 is 1.28 bits per heavy atom. The summed E-state index contributed by atoms with van der Waals surface area (Å²) in [7, 11) is 4.09. The third kappa shape index (κ3) is 2.31. The summed E-state index contributed by atoms with van der Waals surface area (Å²) in [5, 5.41) is 13.3. The molecule has 0 aliphatic carbocycles. The van der Waals surface area contributed by atoms with Gasteiger partial charge in [-0.05, 0) is 30.4 Å². The van der Waals surface area contributed by atoms with Crippen LogP contribution in [0.25, 0.3) is 10.9 Å². The highest BCUT2D eigenvalue weighted by Gasteiger charge is 2.09. The SMILES string of the molecule is CCc1ccc2nc(C)c(C[NH+](C)C)c([O-])c2c1. The fraction of sp³-hybridized carbons (Fsp3) is 0.400. The van der Waals surface area contributed by atoms with Gasteiger partial charge < -0.3 is 10.0 Å². The highest BCUT2D eigenvalue weighted by Crippen LogP contribution is 2.27. The molecule has 0 unspecified atom stereocenters. The second-order valence-corrected chi connectivity index (χ2v) is 5.09. The van der Waals surface area contributed by atoms with Crippen molar-refractivity contribution in [3.05, 3.63) is 35.0 Å². The van der Waals surface area contributed by atoms with E-state index in [4.69, 9.17) is 0 Å². The number of benzene rings is 1. The van der Waals surface area contributed by atoms with Gasteiger partial charge in [0.2, 0.25) is 0 Å². The van der Waals surface area contributed by atoms with Crippen LogP contribution in [0.15, 0.2) is 18.2 Å². The van der Waals surface area contributed by atoms with Crippen LogP contribution in [0.4, 0.5) is 0 Å². The Hall–Kier alpha value is -1.61. The molecule has 0 saturated heterocycles. The second-order valence-electron chi connectivity index (χ2n) is 5.09. The minimum absolute atomic E-state index is 0.147. The van der Waals surface area contributed by atoms with Crippen LogP contribution in [0.2, 0.25) is 0 Å². The van der Waals surface area contributed by atoms with E-state index in [9.17, 15) is 5.11 Å². The fourth-order valence-corrected chi connectivity index (χ4v) is 2.22. The van der Waals surface area contributed by atoms with Gasteiger partial charge >= 0.3 is 0 Å². The summed E-state index contributed by atoms with van der Waals surface area (Å²) in [6.45, 7) is 4.74. The zero-order valence-corrected chi connectivity index (χ0v) is 11.5. The number of quaternary nitrogens is 1. The van der Waals surface area contributed by atoms with E-state index >= 15 is 0 Å². The number of aromatic nitrogens is 1. The molecule has 1 heterocycles. The van der Waals surface area contributed by atoms with E-state index in [1.54, 1.807) is 0 Å². The molecule has 0 aliphatic rings. The first-order chi connectivity index (χ1) is 8.52. The van der Waals surface area contributed by atoms with Crippen molar-refractivity contribution < 1.29 is 10.0 Å². The van der Waals surface area contributed by atoms with Crippen LogP contribution in [-0.4, -0.2) is 19.1 Å². The highest BCUT2D eigenvalue weighted by atomic mass is 16.3. The minimum atomic E-state index is 0.147. The predicted molar refractivity (Wildman–Crippen MR) is 71.8 cm³/mol. The topological polar surface area (TPSA) is 40.4 Å². The molecule has 0 fully saturated rings. The highest BCUT2D eigenvalue weighted by molar-refractivity contribution is 5.86. The Balaban J connectivity index is 2.65. The normalized spacial score (nSPS) is 11.4. The molecule has 0 radical (unpaired) electrons. The number of hydrogen-bond donors (Lipinski definition) is 1. The maximum Gasteiger partial charge on any atom is 0.104 e. The van der Waals surface area contributed by atoms with Crippen molar-refractivity contribution in [2.75, 3.05) is 14.1 Å². The molecule has 2 rings (SSSR count). The van der Waals surface area contributed by atoms with Crippen LogP contribution in [-0.2, 0) is 13.0 Å². The van der Waals surface area contributed by atoms with Gasteiger partial charge in [0.1, 0.15) is 6.54 Å². The Morgan fingerprint density at radius 3 is 2.61 bits per heavy atom. The summed E-state index contributed by atoms with van der Waals surface area (Å²) in [5.74, 6) is 0.147. The second kappa shape index (κ2) is 4.94. The molecule has 0 spiro atoms. The summed E-state index contributed by atoms with van der Waals surface area (Å²) >= 11 is 0. The van der Waals surface area contributed by atoms with Gasteiger partial charge in [0.25, 0.3) is 0 Å². The molecular formula is C15H20N2O. The number of rotatable bonds is 3. The first-order valence-corrected chi connectivity index (χ1v) is 6.41. The molecule has 2 aromatic rings. The largest absolute Gasteiger partial charge is 0.872 e. The maximum atomic E-state index is 12.5. The third-order valence-corrected chi connectivity index (χ3v) is 3.24. The Kier molecular flexibility index (Phi) is 3.53. The van der Waals surface area contributed by atoms with E-state index in [-0.39, 0.29) is 5.75 Å². The predicted octanol–water partition coefficient (Wildman–Crippen LogP) is 0.824. The molecule has 0 bridgehead atoms. The summed E-state index contributed by atoms with van der Waals surface area (Å²) in [4.78, 5) is 5.79. The smallest absolute Gasteiger partial charge is 0.104 e. The first-order valence-electron chi connectivity index (χ1n) is 6.41. The lowest BCUT2D eigenvalue weighted by Crippen LogP contribution is -3.04. The molecule has 0 atom stereocenters. The number of hydrogen-bond acceptors (Lipinski definition) is 2. The van der Waals surface area contributed by atoms with Gasteiger partial charge in [-0.2, -0.15) is 0 Å². The van der Waals surface area contributed by atoms with Crippen LogP contribution in [0, 0.1) is 6.92 Å². The summed E-state index contributed by atoms with van der Waals surface area (Å²) in [6, 6.07) is 5.98. The summed E-state index contributed by atoms with van der Waals surface area (Å²) in [6.07, 6.45) is 0.942. The lowest BCUT2D eigenvalue weighted by Gasteiger charge is -2.20. The molecular weight excluding hydrogens is 224 g/mol. The van der Waals surface area contributed by atoms with Gasteiger partial charge in [-0.15, -0.1) is 0 Å². The Labute approximate surface area is 108 Å². The quantitative estimate of drug-likeness (QED) is 0.868. The van der Waals surface area contributed by atoms with E-state index in [0.29, 0.717) is 0 Å². The summed E-state index contributed by atoms with van der Waals surface area (Å²) < 4.78 is 0. The van der Waals surface area contributed by atoms with Crippen molar-refractivity contribution in [1.29, 1.82) is 0 Å². The van der Waals surface area contributed by atoms with Crippen LogP contribution >= 0.6 is 0 Å². The monoisotopic (exact) mass is 244 g/mol. The van der Waals surface area contributed by atoms with E-state index in [1.807, 2.05) is 39.2 Å². The van der Waals surface area contributed by atoms with E-state index in [1.165, 1.54) is 10.5 Å². The average molecular weight is 244 g/mol. The molecule has 18 heavy (non-hydrogen) atoms. The average Bonchev–Trinajstić information content (AvgIpc) is 2.34. The van der Waals surface area contributed by atoms with Gasteiger partial charge in [0, 0.05) is 11.3 Å². The van der Waals surface area contributed by atoms with Gasteiger partial charge in [0.15, 0.2) is 0 Å². The first kappa shape index (κ1) is 12.8. The van der Waals surface area contributed by atoms with Crippen LogP contribution in [0.1, 0.15) is 23.7 Å². The number of pyridine rings is 1. The van der Waals surface area contributed by atoms with Crippen molar-refractivity contribution in [2.24, 2.45) is 0 Å². The van der Waals surface area contributed by atoms with Crippen molar-refractivity contribution in [2.45, 2.75) is 26.8 Å².